The number of phenolic OH excluding ortho intramolecular Hbond substituents is 5. The lowest BCUT2D eigenvalue weighted by molar-refractivity contribution is 0.283. The molecular formula is C28H34O5. The topological polar surface area (TPSA) is 101 Å². The van der Waals surface area contributed by atoms with Crippen molar-refractivity contribution in [3.63, 3.8) is 0 Å². The minimum absolute atomic E-state index is 0.0240. The zero-order valence-corrected chi connectivity index (χ0v) is 20.0. The molecule has 0 spiro atoms. The minimum atomic E-state index is -0.191. The van der Waals surface area contributed by atoms with Gasteiger partial charge in [0.05, 0.1) is 0 Å². The summed E-state index contributed by atoms with van der Waals surface area (Å²) in [4.78, 5) is 0. The van der Waals surface area contributed by atoms with Gasteiger partial charge in [0.1, 0.15) is 28.7 Å². The molecule has 33 heavy (non-hydrogen) atoms. The van der Waals surface area contributed by atoms with Crippen molar-refractivity contribution >= 4 is 0 Å². The van der Waals surface area contributed by atoms with Gasteiger partial charge in [0.2, 0.25) is 0 Å². The van der Waals surface area contributed by atoms with E-state index in [-0.39, 0.29) is 52.4 Å². The molecule has 5 N–H and O–H groups in total. The molecule has 0 aliphatic heterocycles. The summed E-state index contributed by atoms with van der Waals surface area (Å²) < 4.78 is 0. The fraction of sp³-hybridized carbons (Fsp3) is 0.357. The van der Waals surface area contributed by atoms with Gasteiger partial charge in [-0.25, -0.2) is 0 Å². The Bertz CT molecular complexity index is 1080. The minimum Gasteiger partial charge on any atom is -0.508 e. The van der Waals surface area contributed by atoms with Crippen LogP contribution in [0.1, 0.15) is 68.9 Å². The third-order valence-electron chi connectivity index (χ3n) is 5.92. The van der Waals surface area contributed by atoms with Crippen LogP contribution < -0.4 is 0 Å². The summed E-state index contributed by atoms with van der Waals surface area (Å²) >= 11 is 0. The van der Waals surface area contributed by atoms with Gasteiger partial charge >= 0.3 is 0 Å². The molecule has 0 fully saturated rings. The highest BCUT2D eigenvalue weighted by molar-refractivity contribution is 5.53. The molecule has 176 valence electrons. The van der Waals surface area contributed by atoms with Crippen molar-refractivity contribution in [1.82, 2.24) is 0 Å². The zero-order chi connectivity index (χ0) is 24.6. The lowest BCUT2D eigenvalue weighted by atomic mass is 9.71. The van der Waals surface area contributed by atoms with Crippen molar-refractivity contribution in [2.24, 2.45) is 5.41 Å². The van der Waals surface area contributed by atoms with Gasteiger partial charge in [-0.2, -0.15) is 0 Å². The Balaban J connectivity index is 2.11. The number of phenols is 5. The molecule has 0 saturated heterocycles. The number of benzene rings is 3. The predicted octanol–water partition coefficient (Wildman–Crippen LogP) is 6.11. The van der Waals surface area contributed by atoms with E-state index in [1.54, 1.807) is 12.1 Å². The summed E-state index contributed by atoms with van der Waals surface area (Å²) in [6.07, 6.45) is 1.48. The molecule has 3 aromatic rings. The van der Waals surface area contributed by atoms with Crippen molar-refractivity contribution in [2.75, 3.05) is 0 Å². The standard InChI is InChI=1S/C28H34O5/c1-27(2,3)16-28(4,5)21-12-19(10-17-6-8-22(29)14-24(17)31)26(33)20(13-21)11-18-7-9-23(30)15-25(18)32/h6-9,12-15,29-33H,10-11,16H2,1-5H3. The van der Waals surface area contributed by atoms with Crippen LogP contribution in [0, 0.1) is 5.41 Å². The van der Waals surface area contributed by atoms with Crippen LogP contribution in [0.5, 0.6) is 28.7 Å². The van der Waals surface area contributed by atoms with Crippen LogP contribution >= 0.6 is 0 Å². The normalized spacial score (nSPS) is 12.2. The maximum Gasteiger partial charge on any atom is 0.122 e. The second-order valence-corrected chi connectivity index (χ2v) is 10.7. The van der Waals surface area contributed by atoms with Gasteiger partial charge in [-0.3, -0.25) is 0 Å². The lowest BCUT2D eigenvalue weighted by Crippen LogP contribution is -2.25. The first kappa shape index (κ1) is 24.3. The summed E-state index contributed by atoms with van der Waals surface area (Å²) in [5.41, 5.74) is 3.44. The molecule has 0 saturated carbocycles. The van der Waals surface area contributed by atoms with E-state index in [9.17, 15) is 25.5 Å². The van der Waals surface area contributed by atoms with Gasteiger partial charge in [0.15, 0.2) is 0 Å². The molecule has 0 aliphatic carbocycles. The second kappa shape index (κ2) is 8.89. The summed E-state index contributed by atoms with van der Waals surface area (Å²) in [7, 11) is 0. The fourth-order valence-electron chi connectivity index (χ4n) is 4.66. The summed E-state index contributed by atoms with van der Waals surface area (Å²) in [5, 5.41) is 51.0. The van der Waals surface area contributed by atoms with Gasteiger partial charge in [-0.05, 0) is 57.2 Å². The van der Waals surface area contributed by atoms with E-state index in [0.717, 1.165) is 12.0 Å². The highest BCUT2D eigenvalue weighted by atomic mass is 16.3. The highest BCUT2D eigenvalue weighted by Crippen LogP contribution is 2.41. The highest BCUT2D eigenvalue weighted by Gasteiger charge is 2.29. The van der Waals surface area contributed by atoms with E-state index >= 15 is 0 Å². The lowest BCUT2D eigenvalue weighted by Gasteiger charge is -2.34. The van der Waals surface area contributed by atoms with Crippen LogP contribution in [0.25, 0.3) is 0 Å². The average Bonchev–Trinajstić information content (AvgIpc) is 2.66. The second-order valence-electron chi connectivity index (χ2n) is 10.7. The third kappa shape index (κ3) is 5.92. The molecule has 5 heteroatoms. The quantitative estimate of drug-likeness (QED) is 0.312. The van der Waals surface area contributed by atoms with E-state index in [2.05, 4.69) is 34.6 Å². The van der Waals surface area contributed by atoms with E-state index < -0.39 is 0 Å². The fourth-order valence-corrected chi connectivity index (χ4v) is 4.66. The van der Waals surface area contributed by atoms with Crippen LogP contribution in [0.4, 0.5) is 0 Å². The van der Waals surface area contributed by atoms with Crippen molar-refractivity contribution in [3.05, 3.63) is 76.3 Å². The van der Waals surface area contributed by atoms with E-state index in [1.165, 1.54) is 24.3 Å². The van der Waals surface area contributed by atoms with Gasteiger partial charge in [0.25, 0.3) is 0 Å². The number of rotatable bonds is 6. The third-order valence-corrected chi connectivity index (χ3v) is 5.92. The maximum atomic E-state index is 11.2. The summed E-state index contributed by atoms with van der Waals surface area (Å²) in [6.45, 7) is 10.9. The molecule has 0 bridgehead atoms. The molecule has 0 aliphatic rings. The Labute approximate surface area is 195 Å². The summed E-state index contributed by atoms with van der Waals surface area (Å²) in [6, 6.07) is 12.8. The van der Waals surface area contributed by atoms with Crippen LogP contribution in [-0.4, -0.2) is 25.5 Å². The summed E-state index contributed by atoms with van der Waals surface area (Å²) in [5.74, 6) is -0.0173. The molecule has 0 radical (unpaired) electrons. The molecule has 0 aromatic heterocycles. The Morgan fingerprint density at radius 1 is 0.576 bits per heavy atom. The first-order valence-corrected chi connectivity index (χ1v) is 11.1. The largest absolute Gasteiger partial charge is 0.508 e. The van der Waals surface area contributed by atoms with E-state index in [1.807, 2.05) is 12.1 Å². The van der Waals surface area contributed by atoms with Crippen LogP contribution in [-0.2, 0) is 18.3 Å². The van der Waals surface area contributed by atoms with Crippen LogP contribution in [0.2, 0.25) is 0 Å². The van der Waals surface area contributed by atoms with Gasteiger partial charge in [-0.15, -0.1) is 0 Å². The monoisotopic (exact) mass is 450 g/mol. The van der Waals surface area contributed by atoms with Crippen LogP contribution in [0.3, 0.4) is 0 Å². The van der Waals surface area contributed by atoms with Crippen molar-refractivity contribution in [3.8, 4) is 28.7 Å². The van der Waals surface area contributed by atoms with Crippen molar-refractivity contribution in [1.29, 1.82) is 0 Å². The van der Waals surface area contributed by atoms with Crippen molar-refractivity contribution in [2.45, 2.75) is 59.3 Å². The predicted molar refractivity (Wildman–Crippen MR) is 130 cm³/mol. The smallest absolute Gasteiger partial charge is 0.122 e. The Hall–Kier alpha value is -3.34. The maximum absolute atomic E-state index is 11.2. The molecule has 0 atom stereocenters. The number of hydrogen-bond donors (Lipinski definition) is 5. The molecular weight excluding hydrogens is 416 g/mol. The van der Waals surface area contributed by atoms with Gasteiger partial charge < -0.3 is 25.5 Å². The zero-order valence-electron chi connectivity index (χ0n) is 20.0. The average molecular weight is 451 g/mol. The Morgan fingerprint density at radius 2 is 1.00 bits per heavy atom. The number of hydrogen-bond acceptors (Lipinski definition) is 5. The molecule has 0 heterocycles. The first-order chi connectivity index (χ1) is 15.2. The van der Waals surface area contributed by atoms with E-state index in [4.69, 9.17) is 0 Å². The molecule has 0 amide bonds. The Morgan fingerprint density at radius 3 is 1.36 bits per heavy atom. The first-order valence-electron chi connectivity index (χ1n) is 11.1. The van der Waals surface area contributed by atoms with E-state index in [0.29, 0.717) is 22.3 Å². The Kier molecular flexibility index (Phi) is 6.55. The molecule has 0 unspecified atom stereocenters. The molecule has 3 rings (SSSR count). The molecule has 5 nitrogen and oxygen atoms in total. The number of aromatic hydroxyl groups is 5. The van der Waals surface area contributed by atoms with Crippen molar-refractivity contribution < 1.29 is 25.5 Å². The molecule has 3 aromatic carbocycles. The van der Waals surface area contributed by atoms with Gasteiger partial charge in [0, 0.05) is 25.0 Å². The van der Waals surface area contributed by atoms with Gasteiger partial charge in [-0.1, -0.05) is 58.9 Å². The van der Waals surface area contributed by atoms with Crippen LogP contribution in [0.15, 0.2) is 48.5 Å². The SMILES string of the molecule is CC(C)(C)CC(C)(C)c1cc(Cc2ccc(O)cc2O)c(O)c(Cc2ccc(O)cc2O)c1.